The second kappa shape index (κ2) is 5.77. The van der Waals surface area contributed by atoms with Gasteiger partial charge in [-0.15, -0.1) is 0 Å². The quantitative estimate of drug-likeness (QED) is 0.769. The fourth-order valence-electron chi connectivity index (χ4n) is 3.30. The number of hydrogen-bond donors (Lipinski definition) is 1. The average Bonchev–Trinajstić information content (AvgIpc) is 3.16. The van der Waals surface area contributed by atoms with E-state index >= 15 is 0 Å². The summed E-state index contributed by atoms with van der Waals surface area (Å²) >= 11 is 0. The van der Waals surface area contributed by atoms with Crippen LogP contribution in [0.4, 0.5) is 11.4 Å². The van der Waals surface area contributed by atoms with Crippen LogP contribution in [0.15, 0.2) is 66.9 Å². The fraction of sp³-hybridized carbons (Fsp3) is 0.100. The molecule has 0 unspecified atom stereocenters. The Kier molecular flexibility index (Phi) is 3.28. The van der Waals surface area contributed by atoms with Crippen molar-refractivity contribution in [3.05, 3.63) is 78.1 Å². The number of fused-ring (bicyclic) bond motifs is 2. The molecule has 2 aliphatic heterocycles. The molecule has 0 saturated heterocycles. The third-order valence-electron chi connectivity index (χ3n) is 4.53. The van der Waals surface area contributed by atoms with Gasteiger partial charge in [-0.2, -0.15) is 0 Å². The lowest BCUT2D eigenvalue weighted by Gasteiger charge is -2.37. The van der Waals surface area contributed by atoms with Gasteiger partial charge in [0.1, 0.15) is 0 Å². The molecule has 1 atom stereocenters. The number of ether oxygens (including phenoxy) is 2. The van der Waals surface area contributed by atoms with Gasteiger partial charge in [0.25, 0.3) is 5.91 Å². The van der Waals surface area contributed by atoms with Crippen molar-refractivity contribution >= 4 is 17.3 Å². The Balaban J connectivity index is 1.65. The van der Waals surface area contributed by atoms with Crippen LogP contribution in [0.1, 0.15) is 22.2 Å². The molecule has 26 heavy (non-hydrogen) atoms. The summed E-state index contributed by atoms with van der Waals surface area (Å²) in [6.45, 7) is 0.192. The van der Waals surface area contributed by atoms with E-state index in [0.29, 0.717) is 17.1 Å². The molecule has 0 spiro atoms. The highest BCUT2D eigenvalue weighted by atomic mass is 16.7. The van der Waals surface area contributed by atoms with Crippen molar-refractivity contribution in [2.75, 3.05) is 17.0 Å². The Morgan fingerprint density at radius 2 is 1.85 bits per heavy atom. The van der Waals surface area contributed by atoms with E-state index in [1.54, 1.807) is 11.1 Å². The van der Waals surface area contributed by atoms with Crippen LogP contribution in [0.5, 0.6) is 11.5 Å². The highest BCUT2D eigenvalue weighted by molar-refractivity contribution is 6.12. The molecule has 6 nitrogen and oxygen atoms in total. The predicted octanol–water partition coefficient (Wildman–Crippen LogP) is 3.58. The van der Waals surface area contributed by atoms with E-state index in [2.05, 4.69) is 10.3 Å². The lowest BCUT2D eigenvalue weighted by atomic mass is 10.0. The number of benzene rings is 2. The Bertz CT molecular complexity index is 991. The maximum Gasteiger partial charge on any atom is 0.262 e. The van der Waals surface area contributed by atoms with Crippen molar-refractivity contribution in [2.24, 2.45) is 0 Å². The van der Waals surface area contributed by atoms with Crippen LogP contribution in [0, 0.1) is 0 Å². The highest BCUT2D eigenvalue weighted by Crippen LogP contribution is 2.40. The Labute approximate surface area is 150 Å². The van der Waals surface area contributed by atoms with Crippen LogP contribution in [0.3, 0.4) is 0 Å². The summed E-state index contributed by atoms with van der Waals surface area (Å²) in [7, 11) is 0. The van der Waals surface area contributed by atoms with Crippen molar-refractivity contribution in [1.29, 1.82) is 0 Å². The summed E-state index contributed by atoms with van der Waals surface area (Å²) < 4.78 is 10.9. The maximum atomic E-state index is 13.3. The Morgan fingerprint density at radius 1 is 1.00 bits per heavy atom. The van der Waals surface area contributed by atoms with Gasteiger partial charge in [0.05, 0.1) is 16.9 Å². The normalized spacial score (nSPS) is 17.6. The number of pyridine rings is 1. The van der Waals surface area contributed by atoms with E-state index < -0.39 is 6.17 Å². The van der Waals surface area contributed by atoms with Crippen molar-refractivity contribution in [1.82, 2.24) is 4.98 Å². The van der Waals surface area contributed by atoms with Crippen LogP contribution in [0.2, 0.25) is 0 Å². The van der Waals surface area contributed by atoms with Gasteiger partial charge in [-0.05, 0) is 36.4 Å². The molecule has 3 aromatic rings. The van der Waals surface area contributed by atoms with Gasteiger partial charge in [0.15, 0.2) is 17.7 Å². The zero-order valence-electron chi connectivity index (χ0n) is 13.8. The molecule has 1 aromatic heterocycles. The molecular formula is C20H15N3O3. The van der Waals surface area contributed by atoms with E-state index in [9.17, 15) is 4.79 Å². The Hall–Kier alpha value is -3.54. The minimum absolute atomic E-state index is 0.0890. The second-order valence-electron chi connectivity index (χ2n) is 6.06. The number of aromatic nitrogens is 1. The smallest absolute Gasteiger partial charge is 0.262 e. The standard InChI is InChI=1S/C20H15N3O3/c24-20-14-5-1-2-6-15(14)22-19(16-7-3-4-10-21-16)23(20)13-8-9-17-18(11-13)26-12-25-17/h1-11,19,22H,12H2/t19-/m0/s1. The van der Waals surface area contributed by atoms with E-state index in [-0.39, 0.29) is 12.7 Å². The molecule has 2 aromatic carbocycles. The summed E-state index contributed by atoms with van der Waals surface area (Å²) in [6, 6.07) is 18.7. The molecule has 0 radical (unpaired) electrons. The molecule has 5 rings (SSSR count). The number of carbonyl (C=O) groups is 1. The molecule has 0 fully saturated rings. The molecule has 128 valence electrons. The van der Waals surface area contributed by atoms with Gasteiger partial charge < -0.3 is 14.8 Å². The minimum atomic E-state index is -0.418. The second-order valence-corrected chi connectivity index (χ2v) is 6.06. The van der Waals surface area contributed by atoms with Crippen molar-refractivity contribution in [2.45, 2.75) is 6.17 Å². The minimum Gasteiger partial charge on any atom is -0.454 e. The van der Waals surface area contributed by atoms with Crippen molar-refractivity contribution in [3.63, 3.8) is 0 Å². The summed E-state index contributed by atoms with van der Waals surface area (Å²) in [4.78, 5) is 19.4. The molecule has 0 bridgehead atoms. The zero-order valence-corrected chi connectivity index (χ0v) is 13.8. The summed E-state index contributed by atoms with van der Waals surface area (Å²) in [6.07, 6.45) is 1.30. The third kappa shape index (κ3) is 2.27. The monoisotopic (exact) mass is 345 g/mol. The van der Waals surface area contributed by atoms with Gasteiger partial charge in [-0.3, -0.25) is 14.7 Å². The number of rotatable bonds is 2. The first-order valence-electron chi connectivity index (χ1n) is 8.31. The number of nitrogens with one attached hydrogen (secondary N) is 1. The molecule has 2 aliphatic rings. The fourth-order valence-corrected chi connectivity index (χ4v) is 3.30. The number of carbonyl (C=O) groups excluding carboxylic acids is 1. The van der Waals surface area contributed by atoms with Crippen LogP contribution in [-0.4, -0.2) is 17.7 Å². The van der Waals surface area contributed by atoms with Gasteiger partial charge in [-0.25, -0.2) is 0 Å². The van der Waals surface area contributed by atoms with E-state index in [0.717, 1.165) is 17.1 Å². The molecule has 6 heteroatoms. The maximum absolute atomic E-state index is 13.3. The number of para-hydroxylation sites is 1. The van der Waals surface area contributed by atoms with E-state index in [4.69, 9.17) is 9.47 Å². The largest absolute Gasteiger partial charge is 0.454 e. The van der Waals surface area contributed by atoms with Gasteiger partial charge in [-0.1, -0.05) is 18.2 Å². The van der Waals surface area contributed by atoms with Gasteiger partial charge in [0.2, 0.25) is 6.79 Å². The van der Waals surface area contributed by atoms with E-state index in [1.807, 2.05) is 60.7 Å². The number of anilines is 2. The topological polar surface area (TPSA) is 63.7 Å². The van der Waals surface area contributed by atoms with Gasteiger partial charge in [0, 0.05) is 18.0 Å². The first kappa shape index (κ1) is 14.8. The van der Waals surface area contributed by atoms with Crippen LogP contribution in [0.25, 0.3) is 0 Å². The summed E-state index contributed by atoms with van der Waals surface area (Å²) in [5.41, 5.74) is 2.90. The first-order chi connectivity index (χ1) is 12.8. The average molecular weight is 345 g/mol. The van der Waals surface area contributed by atoms with Crippen LogP contribution < -0.4 is 19.7 Å². The molecular weight excluding hydrogens is 330 g/mol. The molecule has 1 amide bonds. The van der Waals surface area contributed by atoms with Crippen LogP contribution >= 0.6 is 0 Å². The summed E-state index contributed by atoms with van der Waals surface area (Å²) in [5, 5.41) is 3.43. The Morgan fingerprint density at radius 3 is 2.73 bits per heavy atom. The number of hydrogen-bond acceptors (Lipinski definition) is 5. The van der Waals surface area contributed by atoms with E-state index in [1.165, 1.54) is 0 Å². The lowest BCUT2D eigenvalue weighted by Crippen LogP contribution is -2.43. The molecule has 1 N–H and O–H groups in total. The molecule has 3 heterocycles. The first-order valence-corrected chi connectivity index (χ1v) is 8.31. The van der Waals surface area contributed by atoms with Crippen molar-refractivity contribution in [3.8, 4) is 11.5 Å². The van der Waals surface area contributed by atoms with Crippen molar-refractivity contribution < 1.29 is 14.3 Å². The number of amides is 1. The van der Waals surface area contributed by atoms with Crippen LogP contribution in [-0.2, 0) is 0 Å². The third-order valence-corrected chi connectivity index (χ3v) is 4.53. The SMILES string of the molecule is O=C1c2ccccc2N[C@H](c2ccccn2)N1c1ccc2c(c1)OCO2. The highest BCUT2D eigenvalue weighted by Gasteiger charge is 2.35. The summed E-state index contributed by atoms with van der Waals surface area (Å²) in [5.74, 6) is 1.23. The molecule has 0 aliphatic carbocycles. The number of nitrogens with zero attached hydrogens (tertiary/aromatic N) is 2. The lowest BCUT2D eigenvalue weighted by molar-refractivity contribution is 0.0974. The molecule has 0 saturated carbocycles. The predicted molar refractivity (Wildman–Crippen MR) is 96.4 cm³/mol. The van der Waals surface area contributed by atoms with Gasteiger partial charge >= 0.3 is 0 Å². The zero-order chi connectivity index (χ0) is 17.5.